The Hall–Kier alpha value is -2.50. The number of ether oxygens (including phenoxy) is 3. The van der Waals surface area contributed by atoms with E-state index in [1.165, 1.54) is 5.56 Å². The minimum atomic E-state index is -0.698. The maximum atomic E-state index is 9.92. The average Bonchev–Trinajstić information content (AvgIpc) is 2.99. The van der Waals surface area contributed by atoms with Crippen LogP contribution in [0.5, 0.6) is 11.5 Å². The molecule has 5 nitrogen and oxygen atoms in total. The molecule has 0 saturated heterocycles. The zero-order valence-corrected chi connectivity index (χ0v) is 14.4. The number of aliphatic hydroxyl groups excluding tert-OH is 1. The van der Waals surface area contributed by atoms with Gasteiger partial charge in [0.25, 0.3) is 0 Å². The minimum absolute atomic E-state index is 0.0611. The number of benzene rings is 2. The van der Waals surface area contributed by atoms with Gasteiger partial charge in [-0.15, -0.1) is 0 Å². The van der Waals surface area contributed by atoms with Crippen LogP contribution in [0.2, 0.25) is 0 Å². The molecular formula is C20H23NO4. The smallest absolute Gasteiger partial charge is 0.167 e. The number of hydrogen-bond acceptors (Lipinski definition) is 5. The molecule has 1 aliphatic rings. The van der Waals surface area contributed by atoms with Crippen molar-refractivity contribution >= 4 is 0 Å². The molecule has 0 fully saturated rings. The van der Waals surface area contributed by atoms with E-state index in [0.29, 0.717) is 18.1 Å². The van der Waals surface area contributed by atoms with Crippen molar-refractivity contribution in [2.24, 2.45) is 0 Å². The summed E-state index contributed by atoms with van der Waals surface area (Å²) in [7, 11) is 3.22. The van der Waals surface area contributed by atoms with E-state index < -0.39 is 6.23 Å². The highest BCUT2D eigenvalue weighted by Gasteiger charge is 2.26. The van der Waals surface area contributed by atoms with E-state index in [1.807, 2.05) is 36.4 Å². The molecule has 0 radical (unpaired) electrons. The van der Waals surface area contributed by atoms with E-state index >= 15 is 0 Å². The van der Waals surface area contributed by atoms with Gasteiger partial charge in [-0.05, 0) is 24.1 Å². The lowest BCUT2D eigenvalue weighted by atomic mass is 10.1. The van der Waals surface area contributed by atoms with Crippen LogP contribution in [0.1, 0.15) is 11.1 Å². The Morgan fingerprint density at radius 3 is 2.52 bits per heavy atom. The van der Waals surface area contributed by atoms with E-state index in [9.17, 15) is 5.11 Å². The van der Waals surface area contributed by atoms with E-state index in [0.717, 1.165) is 17.7 Å². The van der Waals surface area contributed by atoms with Gasteiger partial charge in [0.15, 0.2) is 11.5 Å². The first-order chi connectivity index (χ1) is 12.2. The summed E-state index contributed by atoms with van der Waals surface area (Å²) in [6, 6.07) is 15.8. The minimum Gasteiger partial charge on any atom is -0.493 e. The van der Waals surface area contributed by atoms with Crippen LogP contribution in [0.3, 0.4) is 0 Å². The summed E-state index contributed by atoms with van der Waals surface area (Å²) in [6.45, 7) is 0.339. The Labute approximate surface area is 147 Å². The molecule has 0 spiro atoms. The number of methoxy groups -OCH3 is 2. The Balaban J connectivity index is 1.70. The molecular weight excluding hydrogens is 318 g/mol. The summed E-state index contributed by atoms with van der Waals surface area (Å²) in [4.78, 5) is 0. The topological polar surface area (TPSA) is 60.0 Å². The first-order valence-corrected chi connectivity index (χ1v) is 8.23. The van der Waals surface area contributed by atoms with Crippen molar-refractivity contribution in [3.05, 3.63) is 71.5 Å². The quantitative estimate of drug-likeness (QED) is 0.811. The number of hydrogen-bond donors (Lipinski definition) is 2. The Bertz CT molecular complexity index is 730. The zero-order chi connectivity index (χ0) is 17.6. The maximum absolute atomic E-state index is 9.92. The van der Waals surface area contributed by atoms with E-state index in [1.54, 1.807) is 20.3 Å². The van der Waals surface area contributed by atoms with Gasteiger partial charge in [0.1, 0.15) is 18.6 Å². The summed E-state index contributed by atoms with van der Waals surface area (Å²) in [6.07, 6.45) is 1.76. The highest BCUT2D eigenvalue weighted by Crippen LogP contribution is 2.32. The van der Waals surface area contributed by atoms with Gasteiger partial charge in [-0.25, -0.2) is 0 Å². The third-order valence-corrected chi connectivity index (χ3v) is 4.20. The van der Waals surface area contributed by atoms with Crippen LogP contribution in [0, 0.1) is 0 Å². The van der Waals surface area contributed by atoms with Gasteiger partial charge in [0.05, 0.1) is 20.3 Å². The van der Waals surface area contributed by atoms with Crippen LogP contribution in [0.4, 0.5) is 0 Å². The van der Waals surface area contributed by atoms with Crippen molar-refractivity contribution in [1.29, 1.82) is 0 Å². The van der Waals surface area contributed by atoms with Gasteiger partial charge in [-0.1, -0.05) is 42.5 Å². The number of para-hydroxylation sites is 1. The molecule has 2 aromatic carbocycles. The van der Waals surface area contributed by atoms with Crippen LogP contribution in [0.25, 0.3) is 0 Å². The van der Waals surface area contributed by atoms with E-state index in [4.69, 9.17) is 14.2 Å². The van der Waals surface area contributed by atoms with Crippen molar-refractivity contribution in [2.45, 2.75) is 25.3 Å². The predicted molar refractivity (Wildman–Crippen MR) is 95.5 cm³/mol. The third-order valence-electron chi connectivity index (χ3n) is 4.20. The monoisotopic (exact) mass is 341 g/mol. The molecule has 2 atom stereocenters. The summed E-state index contributed by atoms with van der Waals surface area (Å²) >= 11 is 0. The molecule has 5 heteroatoms. The van der Waals surface area contributed by atoms with Crippen molar-refractivity contribution in [1.82, 2.24) is 5.32 Å². The lowest BCUT2D eigenvalue weighted by Gasteiger charge is -2.18. The van der Waals surface area contributed by atoms with Crippen molar-refractivity contribution in [3.63, 3.8) is 0 Å². The largest absolute Gasteiger partial charge is 0.493 e. The van der Waals surface area contributed by atoms with Crippen LogP contribution in [-0.4, -0.2) is 31.6 Å². The van der Waals surface area contributed by atoms with Gasteiger partial charge in [0, 0.05) is 5.56 Å². The normalized spacial score (nSPS) is 19.4. The summed E-state index contributed by atoms with van der Waals surface area (Å²) in [5.74, 6) is 2.07. The average molecular weight is 341 g/mol. The third kappa shape index (κ3) is 4.13. The van der Waals surface area contributed by atoms with Crippen molar-refractivity contribution < 1.29 is 19.3 Å². The predicted octanol–water partition coefficient (Wildman–Crippen LogP) is 2.64. The van der Waals surface area contributed by atoms with E-state index in [2.05, 4.69) is 17.4 Å². The molecule has 25 heavy (non-hydrogen) atoms. The number of rotatable bonds is 7. The highest BCUT2D eigenvalue weighted by atomic mass is 16.5. The molecule has 0 bridgehead atoms. The molecule has 0 amide bonds. The Morgan fingerprint density at radius 1 is 1.00 bits per heavy atom. The second-order valence-corrected chi connectivity index (χ2v) is 5.86. The molecule has 2 aromatic rings. The first-order valence-electron chi connectivity index (χ1n) is 8.23. The zero-order valence-electron chi connectivity index (χ0n) is 14.4. The SMILES string of the molecule is COc1cccc(COC2=CC(O)N[C@H]2Cc2ccccc2)c1OC. The van der Waals surface area contributed by atoms with Crippen molar-refractivity contribution in [3.8, 4) is 11.5 Å². The number of nitrogens with one attached hydrogen (secondary N) is 1. The second kappa shape index (κ2) is 8.05. The standard InChI is InChI=1S/C20H23NO4/c1-23-17-10-6-9-15(20(17)24-2)13-25-18-12-19(22)21-16(18)11-14-7-4-3-5-8-14/h3-10,12,16,19,21-22H,11,13H2,1-2H3/t16-,19?/m0/s1. The molecule has 0 aliphatic carbocycles. The maximum Gasteiger partial charge on any atom is 0.167 e. The fourth-order valence-electron chi connectivity index (χ4n) is 2.99. The fraction of sp³-hybridized carbons (Fsp3) is 0.300. The molecule has 3 rings (SSSR count). The van der Waals surface area contributed by atoms with Crippen molar-refractivity contribution in [2.75, 3.05) is 14.2 Å². The van der Waals surface area contributed by atoms with Gasteiger partial charge < -0.3 is 19.3 Å². The molecule has 0 aromatic heterocycles. The Morgan fingerprint density at radius 2 is 1.80 bits per heavy atom. The molecule has 132 valence electrons. The van der Waals surface area contributed by atoms with Gasteiger partial charge in [0.2, 0.25) is 0 Å². The number of aliphatic hydroxyl groups is 1. The summed E-state index contributed by atoms with van der Waals surface area (Å²) in [5, 5.41) is 13.0. The highest BCUT2D eigenvalue weighted by molar-refractivity contribution is 5.46. The van der Waals surface area contributed by atoms with Crippen LogP contribution < -0.4 is 14.8 Å². The van der Waals surface area contributed by atoms with Crippen LogP contribution >= 0.6 is 0 Å². The molecule has 1 unspecified atom stereocenters. The first kappa shape index (κ1) is 17.3. The van der Waals surface area contributed by atoms with Gasteiger partial charge in [-0.2, -0.15) is 0 Å². The van der Waals surface area contributed by atoms with Crippen LogP contribution in [-0.2, 0) is 17.8 Å². The van der Waals surface area contributed by atoms with Gasteiger partial charge >= 0.3 is 0 Å². The second-order valence-electron chi connectivity index (χ2n) is 5.86. The lowest BCUT2D eigenvalue weighted by Crippen LogP contribution is -2.33. The van der Waals surface area contributed by atoms with Gasteiger partial charge in [-0.3, -0.25) is 5.32 Å². The summed E-state index contributed by atoms with van der Waals surface area (Å²) < 4.78 is 16.7. The van der Waals surface area contributed by atoms with Crippen LogP contribution in [0.15, 0.2) is 60.4 Å². The molecule has 2 N–H and O–H groups in total. The molecule has 0 saturated carbocycles. The Kier molecular flexibility index (Phi) is 5.58. The molecule has 1 heterocycles. The molecule has 1 aliphatic heterocycles. The fourth-order valence-corrected chi connectivity index (χ4v) is 2.99. The lowest BCUT2D eigenvalue weighted by molar-refractivity contribution is 0.165. The summed E-state index contributed by atoms with van der Waals surface area (Å²) in [5.41, 5.74) is 2.07. The van der Waals surface area contributed by atoms with E-state index in [-0.39, 0.29) is 6.04 Å².